The van der Waals surface area contributed by atoms with Gasteiger partial charge in [0.1, 0.15) is 0 Å². The second-order valence-corrected chi connectivity index (χ2v) is 1.09. The van der Waals surface area contributed by atoms with Crippen molar-refractivity contribution in [2.24, 2.45) is 0 Å². The van der Waals surface area contributed by atoms with Crippen molar-refractivity contribution in [3.63, 3.8) is 0 Å². The molecule has 0 atom stereocenters. The van der Waals surface area contributed by atoms with Crippen LogP contribution in [0, 0.1) is 47.2 Å². The predicted octanol–water partition coefficient (Wildman–Crippen LogP) is 0.474. The summed E-state index contributed by atoms with van der Waals surface area (Å²) in [7, 11) is 0. The first-order valence-corrected chi connectivity index (χ1v) is 2.42. The molecule has 0 rings (SSSR count). The van der Waals surface area contributed by atoms with Gasteiger partial charge in [0.05, 0.1) is 0 Å². The Hall–Kier alpha value is -1.19. The van der Waals surface area contributed by atoms with E-state index in [9.17, 15) is 0 Å². The molecule has 0 aliphatic heterocycles. The first-order valence-electron chi connectivity index (χ1n) is 1.97. The van der Waals surface area contributed by atoms with Crippen LogP contribution in [0.5, 0.6) is 0 Å². The summed E-state index contributed by atoms with van der Waals surface area (Å²) in [4.78, 5) is 0. The second kappa shape index (κ2) is 6.81. The topological polar surface area (TPSA) is 0 Å². The zero-order chi connectivity index (χ0) is 6.95. The Morgan fingerprint density at radius 3 is 2.00 bits per heavy atom. The zero-order valence-electron chi connectivity index (χ0n) is 4.45. The molecular formula is C8HS+. The maximum absolute atomic E-state index is 6.34. The number of hydrogen-bond acceptors (Lipinski definition) is 1. The third-order valence-corrected chi connectivity index (χ3v) is 0.480. The van der Waals surface area contributed by atoms with Crippen molar-refractivity contribution in [2.45, 2.75) is 0 Å². The quantitative estimate of drug-likeness (QED) is 0.274. The van der Waals surface area contributed by atoms with Crippen LogP contribution >= 0.6 is 12.6 Å². The summed E-state index contributed by atoms with van der Waals surface area (Å²) in [5.74, 6) is 13.5. The Bertz CT molecular complexity index is 285. The molecule has 0 nitrogen and oxygen atoms in total. The van der Waals surface area contributed by atoms with Crippen LogP contribution in [0.3, 0.4) is 0 Å². The first kappa shape index (κ1) is 7.81. The molecule has 1 heteroatoms. The molecule has 0 unspecified atom stereocenters. The summed E-state index contributed by atoms with van der Waals surface area (Å²) in [5, 5.41) is 2.28. The molecular weight excluding hydrogens is 128 g/mol. The third kappa shape index (κ3) is 6.81. The van der Waals surface area contributed by atoms with Crippen molar-refractivity contribution >= 4 is 12.6 Å². The molecule has 0 aliphatic carbocycles. The van der Waals surface area contributed by atoms with Crippen LogP contribution in [0.15, 0.2) is 0 Å². The number of hydrogen-bond donors (Lipinski definition) is 1. The van der Waals surface area contributed by atoms with Crippen molar-refractivity contribution in [1.29, 1.82) is 0 Å². The van der Waals surface area contributed by atoms with Gasteiger partial charge < -0.3 is 0 Å². The molecule has 0 heterocycles. The normalized spacial score (nSPS) is 3.89. The molecule has 0 aliphatic rings. The average Bonchev–Trinajstić information content (AvgIpc) is 1.89. The van der Waals surface area contributed by atoms with E-state index in [1.807, 2.05) is 5.92 Å². The van der Waals surface area contributed by atoms with Gasteiger partial charge in [-0.2, -0.15) is 0 Å². The van der Waals surface area contributed by atoms with Gasteiger partial charge >= 0.3 is 59.8 Å². The van der Waals surface area contributed by atoms with E-state index in [4.69, 9.17) is 6.42 Å². The molecule has 0 aromatic rings. The standard InChI is InChI=1S/C8S/c1-2-3-4-5-6-7-8-9/p+1. The fraction of sp³-hybridized carbons (Fsp3) is 0. The van der Waals surface area contributed by atoms with Gasteiger partial charge in [0.25, 0.3) is 0 Å². The van der Waals surface area contributed by atoms with E-state index in [1.54, 1.807) is 0 Å². The summed E-state index contributed by atoms with van der Waals surface area (Å²) in [5.41, 5.74) is 0. The van der Waals surface area contributed by atoms with Gasteiger partial charge in [0.15, 0.2) is 0 Å². The predicted molar refractivity (Wildman–Crippen MR) is 39.4 cm³/mol. The molecule has 0 aromatic heterocycles. The summed E-state index contributed by atoms with van der Waals surface area (Å²) in [6.45, 7) is 0. The third-order valence-electron chi connectivity index (χ3n) is 0.368. The van der Waals surface area contributed by atoms with Gasteiger partial charge in [-0.15, -0.1) is 0 Å². The van der Waals surface area contributed by atoms with E-state index in [2.05, 4.69) is 47.5 Å². The molecule has 0 saturated heterocycles. The molecule has 0 spiro atoms. The fourth-order valence-electron chi connectivity index (χ4n) is 0.153. The molecule has 9 heavy (non-hydrogen) atoms. The fourth-order valence-corrected chi connectivity index (χ4v) is 0.209. The Morgan fingerprint density at radius 2 is 1.44 bits per heavy atom. The van der Waals surface area contributed by atoms with Crippen LogP contribution in [0.25, 0.3) is 0 Å². The summed E-state index contributed by atoms with van der Waals surface area (Å²) in [6.07, 6.45) is 6.34. The number of rotatable bonds is 0. The Kier molecular flexibility index (Phi) is 5.91. The second-order valence-electron chi connectivity index (χ2n) is 0.862. The van der Waals surface area contributed by atoms with E-state index in [0.29, 0.717) is 0 Å². The molecule has 0 bridgehead atoms. The maximum atomic E-state index is 6.34. The van der Waals surface area contributed by atoms with Gasteiger partial charge in [-0.3, -0.25) is 0 Å². The van der Waals surface area contributed by atoms with Crippen molar-refractivity contribution < 1.29 is 0 Å². The molecule has 0 amide bonds. The minimum atomic E-state index is 1.86. The molecule has 0 radical (unpaired) electrons. The van der Waals surface area contributed by atoms with Gasteiger partial charge in [-0.1, -0.05) is 0 Å². The van der Waals surface area contributed by atoms with Crippen LogP contribution in [0.4, 0.5) is 0 Å². The van der Waals surface area contributed by atoms with Gasteiger partial charge in [0.2, 0.25) is 0 Å². The summed E-state index contributed by atoms with van der Waals surface area (Å²) in [6, 6.07) is 0. The first-order chi connectivity index (χ1) is 4.41. The molecule has 0 fully saturated rings. The molecule has 0 aromatic carbocycles. The van der Waals surface area contributed by atoms with Crippen molar-refractivity contribution in [3.8, 4) is 40.8 Å². The molecule has 38 valence electrons. The van der Waals surface area contributed by atoms with E-state index in [-0.39, 0.29) is 0 Å². The average molecular weight is 129 g/mol. The monoisotopic (exact) mass is 129 g/mol. The van der Waals surface area contributed by atoms with Crippen LogP contribution in [0.1, 0.15) is 0 Å². The van der Waals surface area contributed by atoms with E-state index < -0.39 is 0 Å². The zero-order valence-corrected chi connectivity index (χ0v) is 5.34. The van der Waals surface area contributed by atoms with Crippen molar-refractivity contribution in [3.05, 3.63) is 6.42 Å². The van der Waals surface area contributed by atoms with Crippen LogP contribution in [-0.4, -0.2) is 0 Å². The number of thiol groups is 1. The SMILES string of the molecule is [C+]#CC#CC#CC#CS. The summed E-state index contributed by atoms with van der Waals surface area (Å²) >= 11 is 3.58. The minimum absolute atomic E-state index is 1.86. The summed E-state index contributed by atoms with van der Waals surface area (Å²) < 4.78 is 0. The Morgan fingerprint density at radius 1 is 0.889 bits per heavy atom. The van der Waals surface area contributed by atoms with Gasteiger partial charge in [-0.25, -0.2) is 0 Å². The molecule has 0 N–H and O–H groups in total. The van der Waals surface area contributed by atoms with Crippen molar-refractivity contribution in [1.82, 2.24) is 0 Å². The van der Waals surface area contributed by atoms with Gasteiger partial charge in [-0.05, 0) is 0 Å². The van der Waals surface area contributed by atoms with E-state index in [0.717, 1.165) is 0 Å². The van der Waals surface area contributed by atoms with Crippen LogP contribution in [0.2, 0.25) is 0 Å². The Balaban J connectivity index is 3.90. The van der Waals surface area contributed by atoms with E-state index in [1.165, 1.54) is 0 Å². The van der Waals surface area contributed by atoms with E-state index >= 15 is 0 Å². The Labute approximate surface area is 60.4 Å². The van der Waals surface area contributed by atoms with Crippen LogP contribution in [-0.2, 0) is 0 Å². The van der Waals surface area contributed by atoms with Crippen molar-refractivity contribution in [2.75, 3.05) is 0 Å². The van der Waals surface area contributed by atoms with Gasteiger partial charge in [0, 0.05) is 0 Å². The molecule has 0 saturated carbocycles. The van der Waals surface area contributed by atoms with Crippen LogP contribution < -0.4 is 0 Å².